The van der Waals surface area contributed by atoms with E-state index in [1.807, 2.05) is 12.3 Å². The van der Waals surface area contributed by atoms with Crippen LogP contribution in [-0.2, 0) is 6.42 Å². The molecule has 4 N–H and O–H groups in total. The molecular formula is C22H23N7. The zero-order chi connectivity index (χ0) is 19.4. The third kappa shape index (κ3) is 2.85. The Labute approximate surface area is 168 Å². The first-order valence-corrected chi connectivity index (χ1v) is 10.3. The standard InChI is InChI=1S/C22H23N7/c23-22-25-21(24-17-7-3-5-13-4-1-2-6-15(13)17)20-16(10-11-29(20)28-22)19-12-18(26-27-19)14-8-9-14/h1-2,4,6,10-12,14,17H,3,5,7-9H2,(H,26,27)(H3,23,24,25,28). The number of rotatable bonds is 4. The van der Waals surface area contributed by atoms with E-state index in [0.29, 0.717) is 5.92 Å². The van der Waals surface area contributed by atoms with Gasteiger partial charge in [0.25, 0.3) is 0 Å². The second-order valence-corrected chi connectivity index (χ2v) is 8.11. The van der Waals surface area contributed by atoms with Crippen LogP contribution in [0.5, 0.6) is 0 Å². The fourth-order valence-electron chi connectivity index (χ4n) is 4.50. The monoisotopic (exact) mass is 385 g/mol. The van der Waals surface area contributed by atoms with Crippen LogP contribution in [0.15, 0.2) is 42.6 Å². The van der Waals surface area contributed by atoms with Crippen LogP contribution in [-0.4, -0.2) is 24.8 Å². The minimum Gasteiger partial charge on any atom is -0.366 e. The highest BCUT2D eigenvalue weighted by molar-refractivity contribution is 5.87. The van der Waals surface area contributed by atoms with Gasteiger partial charge in [-0.15, -0.1) is 5.10 Å². The number of nitrogen functional groups attached to an aromatic ring is 1. The molecule has 0 bridgehead atoms. The number of aromatic nitrogens is 5. The smallest absolute Gasteiger partial charge is 0.240 e. The van der Waals surface area contributed by atoms with Crippen LogP contribution in [0.3, 0.4) is 0 Å². The summed E-state index contributed by atoms with van der Waals surface area (Å²) in [7, 11) is 0. The maximum atomic E-state index is 6.02. The maximum Gasteiger partial charge on any atom is 0.240 e. The summed E-state index contributed by atoms with van der Waals surface area (Å²) in [5.41, 5.74) is 12.8. The zero-order valence-electron chi connectivity index (χ0n) is 16.1. The molecule has 146 valence electrons. The lowest BCUT2D eigenvalue weighted by molar-refractivity contribution is 0.598. The molecule has 2 aliphatic carbocycles. The Bertz CT molecular complexity index is 1200. The van der Waals surface area contributed by atoms with Gasteiger partial charge < -0.3 is 11.1 Å². The third-order valence-corrected chi connectivity index (χ3v) is 6.10. The Morgan fingerprint density at radius 2 is 2.03 bits per heavy atom. The third-order valence-electron chi connectivity index (χ3n) is 6.10. The fourth-order valence-corrected chi connectivity index (χ4v) is 4.50. The first-order chi connectivity index (χ1) is 14.3. The Kier molecular flexibility index (Phi) is 3.62. The molecule has 0 amide bonds. The number of fused-ring (bicyclic) bond motifs is 2. The summed E-state index contributed by atoms with van der Waals surface area (Å²) in [5.74, 6) is 1.65. The molecule has 0 radical (unpaired) electrons. The van der Waals surface area contributed by atoms with Crippen LogP contribution in [0.2, 0.25) is 0 Å². The molecule has 1 unspecified atom stereocenters. The lowest BCUT2D eigenvalue weighted by Crippen LogP contribution is -2.19. The van der Waals surface area contributed by atoms with Gasteiger partial charge in [0.05, 0.1) is 11.7 Å². The Morgan fingerprint density at radius 3 is 2.93 bits per heavy atom. The highest BCUT2D eigenvalue weighted by Gasteiger charge is 2.27. The van der Waals surface area contributed by atoms with Crippen LogP contribution >= 0.6 is 0 Å². The SMILES string of the molecule is Nc1nc(NC2CCCc3ccccc32)c2c(-c3cc(C4CC4)[nH]n3)ccn2n1. The number of nitrogens with zero attached hydrogens (tertiary/aromatic N) is 4. The van der Waals surface area contributed by atoms with Gasteiger partial charge in [-0.05, 0) is 55.4 Å². The molecule has 3 heterocycles. The van der Waals surface area contributed by atoms with E-state index < -0.39 is 0 Å². The summed E-state index contributed by atoms with van der Waals surface area (Å²) in [5, 5.41) is 15.8. The number of hydrogen-bond acceptors (Lipinski definition) is 5. The van der Waals surface area contributed by atoms with Gasteiger partial charge in [-0.3, -0.25) is 5.10 Å². The largest absolute Gasteiger partial charge is 0.366 e. The van der Waals surface area contributed by atoms with Crippen LogP contribution in [0.25, 0.3) is 16.8 Å². The van der Waals surface area contributed by atoms with E-state index in [4.69, 9.17) is 5.73 Å². The summed E-state index contributed by atoms with van der Waals surface area (Å²) >= 11 is 0. The lowest BCUT2D eigenvalue weighted by Gasteiger charge is -2.27. The van der Waals surface area contributed by atoms with E-state index in [1.165, 1.54) is 29.7 Å². The number of anilines is 2. The number of nitrogens with two attached hydrogens (primary N) is 1. The van der Waals surface area contributed by atoms with Crippen molar-refractivity contribution in [3.8, 4) is 11.3 Å². The highest BCUT2D eigenvalue weighted by Crippen LogP contribution is 2.41. The van der Waals surface area contributed by atoms with Crippen molar-refractivity contribution in [3.05, 3.63) is 59.4 Å². The van der Waals surface area contributed by atoms with Crippen molar-refractivity contribution < 1.29 is 0 Å². The van der Waals surface area contributed by atoms with Gasteiger partial charge in [-0.1, -0.05) is 24.3 Å². The summed E-state index contributed by atoms with van der Waals surface area (Å²) in [6.07, 6.45) is 7.76. The van der Waals surface area contributed by atoms with Gasteiger partial charge in [-0.2, -0.15) is 10.1 Å². The predicted molar refractivity (Wildman–Crippen MR) is 113 cm³/mol. The number of aryl methyl sites for hydroxylation is 1. The molecule has 1 aromatic carbocycles. The Balaban J connectivity index is 1.44. The molecule has 0 aliphatic heterocycles. The van der Waals surface area contributed by atoms with E-state index in [9.17, 15) is 0 Å². The molecule has 1 fully saturated rings. The summed E-state index contributed by atoms with van der Waals surface area (Å²) < 4.78 is 1.81. The second kappa shape index (κ2) is 6.34. The van der Waals surface area contributed by atoms with Crippen LogP contribution < -0.4 is 11.1 Å². The van der Waals surface area contributed by atoms with E-state index >= 15 is 0 Å². The van der Waals surface area contributed by atoms with Gasteiger partial charge >= 0.3 is 0 Å². The first kappa shape index (κ1) is 16.6. The second-order valence-electron chi connectivity index (χ2n) is 8.11. The van der Waals surface area contributed by atoms with Gasteiger partial charge in [0.1, 0.15) is 5.52 Å². The molecule has 0 saturated heterocycles. The fraction of sp³-hybridized carbons (Fsp3) is 0.318. The maximum absolute atomic E-state index is 6.02. The van der Waals surface area contributed by atoms with Crippen molar-refractivity contribution in [2.75, 3.05) is 11.1 Å². The van der Waals surface area contributed by atoms with Crippen molar-refractivity contribution in [1.29, 1.82) is 0 Å². The number of aromatic amines is 1. The first-order valence-electron chi connectivity index (χ1n) is 10.3. The minimum atomic E-state index is 0.210. The van der Waals surface area contributed by atoms with Crippen LogP contribution in [0.1, 0.15) is 54.5 Å². The molecule has 4 aromatic rings. The van der Waals surface area contributed by atoms with E-state index in [0.717, 1.165) is 41.9 Å². The molecule has 0 spiro atoms. The van der Waals surface area contributed by atoms with Gasteiger partial charge in [0, 0.05) is 23.4 Å². The van der Waals surface area contributed by atoms with Crippen LogP contribution in [0.4, 0.5) is 11.8 Å². The highest BCUT2D eigenvalue weighted by atomic mass is 15.3. The summed E-state index contributed by atoms with van der Waals surface area (Å²) in [6, 6.07) is 13.1. The molecular weight excluding hydrogens is 362 g/mol. The van der Waals surface area contributed by atoms with Crippen molar-refractivity contribution >= 4 is 17.3 Å². The molecule has 7 nitrogen and oxygen atoms in total. The van der Waals surface area contributed by atoms with Gasteiger partial charge in [-0.25, -0.2) is 4.52 Å². The zero-order valence-corrected chi connectivity index (χ0v) is 16.1. The number of benzene rings is 1. The molecule has 3 aromatic heterocycles. The van der Waals surface area contributed by atoms with Gasteiger partial charge in [0.15, 0.2) is 5.82 Å². The van der Waals surface area contributed by atoms with E-state index in [1.54, 1.807) is 4.52 Å². The van der Waals surface area contributed by atoms with Crippen LogP contribution in [0, 0.1) is 0 Å². The molecule has 6 rings (SSSR count). The normalized spacial score (nSPS) is 18.7. The lowest BCUT2D eigenvalue weighted by atomic mass is 9.88. The Hall–Kier alpha value is -3.35. The van der Waals surface area contributed by atoms with Gasteiger partial charge in [0.2, 0.25) is 5.95 Å². The summed E-state index contributed by atoms with van der Waals surface area (Å²) in [6.45, 7) is 0. The number of nitrogens with one attached hydrogen (secondary N) is 2. The minimum absolute atomic E-state index is 0.210. The number of H-pyrrole nitrogens is 1. The average Bonchev–Trinajstić information content (AvgIpc) is 3.31. The molecule has 1 atom stereocenters. The van der Waals surface area contributed by atoms with Crippen molar-refractivity contribution in [2.45, 2.75) is 44.1 Å². The molecule has 7 heteroatoms. The van der Waals surface area contributed by atoms with E-state index in [-0.39, 0.29) is 12.0 Å². The topological polar surface area (TPSA) is 96.9 Å². The average molecular weight is 385 g/mol. The molecule has 2 aliphatic rings. The summed E-state index contributed by atoms with van der Waals surface area (Å²) in [4.78, 5) is 4.58. The molecule has 1 saturated carbocycles. The quantitative estimate of drug-likeness (QED) is 0.492. The number of hydrogen-bond donors (Lipinski definition) is 3. The molecule has 29 heavy (non-hydrogen) atoms. The van der Waals surface area contributed by atoms with Crippen molar-refractivity contribution in [2.24, 2.45) is 0 Å². The predicted octanol–water partition coefficient (Wildman–Crippen LogP) is 4.07. The van der Waals surface area contributed by atoms with E-state index in [2.05, 4.69) is 55.9 Å². The Morgan fingerprint density at radius 1 is 1.14 bits per heavy atom. The van der Waals surface area contributed by atoms with Crippen molar-refractivity contribution in [3.63, 3.8) is 0 Å². The van der Waals surface area contributed by atoms with Crippen molar-refractivity contribution in [1.82, 2.24) is 24.8 Å².